The number of amides is 1. The van der Waals surface area contributed by atoms with Gasteiger partial charge in [0.1, 0.15) is 5.82 Å². The van der Waals surface area contributed by atoms with Crippen molar-refractivity contribution in [2.45, 2.75) is 6.54 Å². The molecule has 1 aromatic rings. The van der Waals surface area contributed by atoms with E-state index < -0.39 is 11.7 Å². The summed E-state index contributed by atoms with van der Waals surface area (Å²) in [7, 11) is 0. The smallest absolute Gasteiger partial charge is 0.251 e. The molecule has 3 nitrogen and oxygen atoms in total. The summed E-state index contributed by atoms with van der Waals surface area (Å²) in [5.74, 6) is -1.39. The SMILES string of the molecule is NCc1cccc(C(N)=O)c1F. The summed E-state index contributed by atoms with van der Waals surface area (Å²) in [6.45, 7) is 0.0625. The summed E-state index contributed by atoms with van der Waals surface area (Å²) in [5, 5.41) is 0. The second kappa shape index (κ2) is 3.32. The molecule has 0 radical (unpaired) electrons. The molecule has 0 aromatic heterocycles. The zero-order valence-electron chi connectivity index (χ0n) is 6.38. The summed E-state index contributed by atoms with van der Waals surface area (Å²) in [6, 6.07) is 4.39. The van der Waals surface area contributed by atoms with Gasteiger partial charge in [0.2, 0.25) is 0 Å². The largest absolute Gasteiger partial charge is 0.366 e. The molecule has 12 heavy (non-hydrogen) atoms. The molecule has 0 aliphatic carbocycles. The number of benzene rings is 1. The second-order valence-corrected chi connectivity index (χ2v) is 2.35. The van der Waals surface area contributed by atoms with Crippen LogP contribution in [0.25, 0.3) is 0 Å². The Morgan fingerprint density at radius 2 is 2.17 bits per heavy atom. The van der Waals surface area contributed by atoms with Gasteiger partial charge in [0.05, 0.1) is 5.56 Å². The minimum Gasteiger partial charge on any atom is -0.366 e. The predicted octanol–water partition coefficient (Wildman–Crippen LogP) is 0.383. The van der Waals surface area contributed by atoms with Crippen LogP contribution in [0.15, 0.2) is 18.2 Å². The van der Waals surface area contributed by atoms with Crippen molar-refractivity contribution >= 4 is 5.91 Å². The first kappa shape index (κ1) is 8.67. The van der Waals surface area contributed by atoms with Gasteiger partial charge in [-0.05, 0) is 6.07 Å². The van der Waals surface area contributed by atoms with Crippen LogP contribution < -0.4 is 11.5 Å². The molecule has 0 aliphatic heterocycles. The number of primary amides is 1. The fraction of sp³-hybridized carbons (Fsp3) is 0.125. The Bertz CT molecular complexity index is 312. The molecule has 1 aromatic carbocycles. The third-order valence-electron chi connectivity index (χ3n) is 1.56. The van der Waals surface area contributed by atoms with Crippen molar-refractivity contribution in [1.29, 1.82) is 0 Å². The molecule has 4 N–H and O–H groups in total. The maximum atomic E-state index is 13.1. The quantitative estimate of drug-likeness (QED) is 0.670. The van der Waals surface area contributed by atoms with Crippen LogP contribution in [0.1, 0.15) is 15.9 Å². The van der Waals surface area contributed by atoms with Gasteiger partial charge in [0, 0.05) is 12.1 Å². The molecule has 1 amide bonds. The first-order chi connectivity index (χ1) is 5.66. The molecule has 0 fully saturated rings. The Morgan fingerprint density at radius 1 is 1.50 bits per heavy atom. The van der Waals surface area contributed by atoms with Gasteiger partial charge in [-0.1, -0.05) is 12.1 Å². The van der Waals surface area contributed by atoms with Crippen LogP contribution in [0.4, 0.5) is 4.39 Å². The van der Waals surface area contributed by atoms with E-state index in [1.54, 1.807) is 6.07 Å². The Labute approximate surface area is 69.2 Å². The third kappa shape index (κ3) is 1.43. The van der Waals surface area contributed by atoms with Crippen LogP contribution >= 0.6 is 0 Å². The van der Waals surface area contributed by atoms with Crippen molar-refractivity contribution < 1.29 is 9.18 Å². The molecule has 0 saturated carbocycles. The minimum absolute atomic E-state index is 0.0625. The van der Waals surface area contributed by atoms with Crippen molar-refractivity contribution in [2.24, 2.45) is 11.5 Å². The zero-order chi connectivity index (χ0) is 9.14. The van der Waals surface area contributed by atoms with Crippen LogP contribution in [-0.4, -0.2) is 5.91 Å². The standard InChI is InChI=1S/C8H9FN2O/c9-7-5(4-10)2-1-3-6(7)8(11)12/h1-3H,4,10H2,(H2,11,12). The highest BCUT2D eigenvalue weighted by atomic mass is 19.1. The van der Waals surface area contributed by atoms with Crippen molar-refractivity contribution in [3.8, 4) is 0 Å². The highest BCUT2D eigenvalue weighted by Crippen LogP contribution is 2.11. The van der Waals surface area contributed by atoms with Crippen molar-refractivity contribution in [3.05, 3.63) is 35.1 Å². The van der Waals surface area contributed by atoms with E-state index in [1.807, 2.05) is 0 Å². The summed E-state index contributed by atoms with van der Waals surface area (Å²) < 4.78 is 13.1. The summed E-state index contributed by atoms with van der Waals surface area (Å²) in [5.41, 5.74) is 10.3. The van der Waals surface area contributed by atoms with Crippen LogP contribution in [0.5, 0.6) is 0 Å². The van der Waals surface area contributed by atoms with Gasteiger partial charge in [-0.3, -0.25) is 4.79 Å². The van der Waals surface area contributed by atoms with Crippen LogP contribution in [-0.2, 0) is 6.54 Å². The molecule has 0 aliphatic rings. The Hall–Kier alpha value is -1.42. The van der Waals surface area contributed by atoms with Crippen molar-refractivity contribution in [2.75, 3.05) is 0 Å². The summed E-state index contributed by atoms with van der Waals surface area (Å²) >= 11 is 0. The number of rotatable bonds is 2. The molecule has 0 saturated heterocycles. The molecular formula is C8H9FN2O. The van der Waals surface area contributed by atoms with Gasteiger partial charge in [0.15, 0.2) is 0 Å². The lowest BCUT2D eigenvalue weighted by Gasteiger charge is -2.02. The molecule has 0 unspecified atom stereocenters. The lowest BCUT2D eigenvalue weighted by molar-refractivity contribution is 0.0996. The number of carbonyl (C=O) groups excluding carboxylic acids is 1. The predicted molar refractivity (Wildman–Crippen MR) is 42.8 cm³/mol. The van der Waals surface area contributed by atoms with Crippen molar-refractivity contribution in [3.63, 3.8) is 0 Å². The lowest BCUT2D eigenvalue weighted by atomic mass is 10.1. The molecule has 1 rings (SSSR count). The summed E-state index contributed by atoms with van der Waals surface area (Å²) in [6.07, 6.45) is 0. The topological polar surface area (TPSA) is 69.1 Å². The minimum atomic E-state index is -0.775. The number of hydrogen-bond donors (Lipinski definition) is 2. The fourth-order valence-electron chi connectivity index (χ4n) is 0.928. The average molecular weight is 168 g/mol. The monoisotopic (exact) mass is 168 g/mol. The lowest BCUT2D eigenvalue weighted by Crippen LogP contribution is -2.15. The highest BCUT2D eigenvalue weighted by Gasteiger charge is 2.10. The molecule has 0 atom stereocenters. The van der Waals surface area contributed by atoms with E-state index in [1.165, 1.54) is 12.1 Å². The molecule has 0 heterocycles. The van der Waals surface area contributed by atoms with Crippen LogP contribution in [0.2, 0.25) is 0 Å². The van der Waals surface area contributed by atoms with Crippen LogP contribution in [0.3, 0.4) is 0 Å². The highest BCUT2D eigenvalue weighted by molar-refractivity contribution is 5.93. The maximum absolute atomic E-state index is 13.1. The van der Waals surface area contributed by atoms with E-state index in [2.05, 4.69) is 0 Å². The van der Waals surface area contributed by atoms with E-state index >= 15 is 0 Å². The molecule has 4 heteroatoms. The number of carbonyl (C=O) groups is 1. The van der Waals surface area contributed by atoms with Crippen molar-refractivity contribution in [1.82, 2.24) is 0 Å². The van der Waals surface area contributed by atoms with Gasteiger partial charge in [0.25, 0.3) is 5.91 Å². The third-order valence-corrected chi connectivity index (χ3v) is 1.56. The number of hydrogen-bond acceptors (Lipinski definition) is 2. The average Bonchev–Trinajstić information content (AvgIpc) is 2.04. The van der Waals surface area contributed by atoms with E-state index in [-0.39, 0.29) is 12.1 Å². The number of nitrogens with two attached hydrogens (primary N) is 2. The summed E-state index contributed by atoms with van der Waals surface area (Å²) in [4.78, 5) is 10.6. The molecule has 0 spiro atoms. The molecule has 0 bridgehead atoms. The second-order valence-electron chi connectivity index (χ2n) is 2.35. The Kier molecular flexibility index (Phi) is 2.40. The molecule has 64 valence electrons. The van der Waals surface area contributed by atoms with E-state index in [4.69, 9.17) is 11.5 Å². The van der Waals surface area contributed by atoms with E-state index in [9.17, 15) is 9.18 Å². The van der Waals surface area contributed by atoms with Gasteiger partial charge < -0.3 is 11.5 Å². The Balaban J connectivity index is 3.23. The fourth-order valence-corrected chi connectivity index (χ4v) is 0.928. The first-order valence-corrected chi connectivity index (χ1v) is 3.44. The van der Waals surface area contributed by atoms with Gasteiger partial charge in [-0.15, -0.1) is 0 Å². The number of halogens is 1. The van der Waals surface area contributed by atoms with E-state index in [0.717, 1.165) is 0 Å². The maximum Gasteiger partial charge on any atom is 0.251 e. The normalized spacial score (nSPS) is 9.83. The van der Waals surface area contributed by atoms with Crippen LogP contribution in [0, 0.1) is 5.82 Å². The Morgan fingerprint density at radius 3 is 2.67 bits per heavy atom. The van der Waals surface area contributed by atoms with E-state index in [0.29, 0.717) is 5.56 Å². The van der Waals surface area contributed by atoms with Gasteiger partial charge in [-0.25, -0.2) is 4.39 Å². The zero-order valence-corrected chi connectivity index (χ0v) is 6.38. The first-order valence-electron chi connectivity index (χ1n) is 3.44. The van der Waals surface area contributed by atoms with Gasteiger partial charge >= 0.3 is 0 Å². The van der Waals surface area contributed by atoms with Gasteiger partial charge in [-0.2, -0.15) is 0 Å². The molecular weight excluding hydrogens is 159 g/mol.